The molecule has 0 bridgehead atoms. The summed E-state index contributed by atoms with van der Waals surface area (Å²) >= 11 is 0. The lowest BCUT2D eigenvalue weighted by molar-refractivity contribution is -0.146. The van der Waals surface area contributed by atoms with Crippen LogP contribution in [0, 0.1) is 0 Å². The minimum Gasteiger partial charge on any atom is -0.461 e. The Morgan fingerprint density at radius 1 is 1.22 bits per heavy atom. The molecule has 18 heavy (non-hydrogen) atoms. The van der Waals surface area contributed by atoms with Gasteiger partial charge in [-0.05, 0) is 23.3 Å². The summed E-state index contributed by atoms with van der Waals surface area (Å²) in [6, 6.07) is 14.4. The Labute approximate surface area is 107 Å². The second-order valence-corrected chi connectivity index (χ2v) is 4.35. The first-order valence-corrected chi connectivity index (χ1v) is 6.07. The lowest BCUT2D eigenvalue weighted by atomic mass is 10.0. The zero-order valence-corrected chi connectivity index (χ0v) is 10.4. The van der Waals surface area contributed by atoms with E-state index in [1.807, 2.05) is 25.1 Å². The maximum Gasteiger partial charge on any atom is 0.319 e. The lowest BCUT2D eigenvalue weighted by Crippen LogP contribution is -2.23. The summed E-state index contributed by atoms with van der Waals surface area (Å²) in [5.74, 6) is -0.359. The van der Waals surface area contributed by atoms with Crippen LogP contribution in [0.4, 0.5) is 0 Å². The molecular weight excluding hydrogens is 226 g/mol. The predicted octanol–water partition coefficient (Wildman–Crippen LogP) is 2.27. The Morgan fingerprint density at radius 3 is 2.72 bits per heavy atom. The van der Waals surface area contributed by atoms with Crippen molar-refractivity contribution in [1.82, 2.24) is 0 Å². The summed E-state index contributed by atoms with van der Waals surface area (Å²) < 4.78 is 5.19. The summed E-state index contributed by atoms with van der Waals surface area (Å²) in [6.07, 6.45) is 0.541. The summed E-state index contributed by atoms with van der Waals surface area (Å²) in [4.78, 5) is 11.1. The van der Waals surface area contributed by atoms with Gasteiger partial charge in [-0.2, -0.15) is 0 Å². The number of carbonyl (C=O) groups excluding carboxylic acids is 1. The zero-order valence-electron chi connectivity index (χ0n) is 10.4. The molecule has 2 aromatic rings. The van der Waals surface area contributed by atoms with Gasteiger partial charge in [-0.25, -0.2) is 0 Å². The van der Waals surface area contributed by atoms with E-state index in [4.69, 9.17) is 10.5 Å². The van der Waals surface area contributed by atoms with Gasteiger partial charge in [0.1, 0.15) is 6.10 Å². The van der Waals surface area contributed by atoms with E-state index >= 15 is 0 Å². The van der Waals surface area contributed by atoms with Gasteiger partial charge in [-0.1, -0.05) is 42.5 Å². The van der Waals surface area contributed by atoms with Gasteiger partial charge in [0, 0.05) is 6.42 Å². The van der Waals surface area contributed by atoms with Crippen LogP contribution in [0.15, 0.2) is 42.5 Å². The van der Waals surface area contributed by atoms with Crippen molar-refractivity contribution in [3.05, 3.63) is 48.0 Å². The van der Waals surface area contributed by atoms with Crippen LogP contribution in [0.3, 0.4) is 0 Å². The van der Waals surface area contributed by atoms with Crippen molar-refractivity contribution in [2.75, 3.05) is 6.54 Å². The topological polar surface area (TPSA) is 52.3 Å². The zero-order chi connectivity index (χ0) is 13.0. The molecule has 0 radical (unpaired) electrons. The molecule has 1 atom stereocenters. The van der Waals surface area contributed by atoms with Gasteiger partial charge in [0.15, 0.2) is 0 Å². The second-order valence-electron chi connectivity index (χ2n) is 4.35. The van der Waals surface area contributed by atoms with E-state index in [2.05, 4.69) is 24.3 Å². The Balaban J connectivity index is 2.19. The minimum absolute atomic E-state index is 0.0696. The largest absolute Gasteiger partial charge is 0.461 e. The van der Waals surface area contributed by atoms with E-state index in [-0.39, 0.29) is 18.6 Å². The number of hydrogen-bond acceptors (Lipinski definition) is 3. The molecule has 0 spiro atoms. The first-order chi connectivity index (χ1) is 8.70. The van der Waals surface area contributed by atoms with Crippen LogP contribution in [0.2, 0.25) is 0 Å². The Hall–Kier alpha value is -1.87. The Bertz CT molecular complexity index is 546. The molecule has 2 aromatic carbocycles. The number of rotatable bonds is 4. The molecule has 2 N–H and O–H groups in total. The van der Waals surface area contributed by atoms with Crippen LogP contribution < -0.4 is 5.73 Å². The molecule has 94 valence electrons. The third-order valence-corrected chi connectivity index (χ3v) is 2.89. The molecule has 0 saturated carbocycles. The Kier molecular flexibility index (Phi) is 3.95. The van der Waals surface area contributed by atoms with Crippen molar-refractivity contribution in [1.29, 1.82) is 0 Å². The van der Waals surface area contributed by atoms with Crippen LogP contribution in [-0.2, 0) is 16.0 Å². The fourth-order valence-electron chi connectivity index (χ4n) is 2.09. The Morgan fingerprint density at radius 2 is 1.94 bits per heavy atom. The van der Waals surface area contributed by atoms with E-state index in [1.54, 1.807) is 0 Å². The molecular formula is C15H17NO2. The quantitative estimate of drug-likeness (QED) is 0.838. The maximum atomic E-state index is 11.1. The smallest absolute Gasteiger partial charge is 0.319 e. The number of hydrogen-bond donors (Lipinski definition) is 1. The average molecular weight is 243 g/mol. The maximum absolute atomic E-state index is 11.1. The van der Waals surface area contributed by atoms with Crippen LogP contribution in [0.1, 0.15) is 12.5 Å². The molecule has 0 aromatic heterocycles. The summed E-state index contributed by atoms with van der Waals surface area (Å²) in [6.45, 7) is 1.81. The van der Waals surface area contributed by atoms with Gasteiger partial charge < -0.3 is 10.5 Å². The number of benzene rings is 2. The van der Waals surface area contributed by atoms with Crippen molar-refractivity contribution in [3.63, 3.8) is 0 Å². The number of nitrogens with two attached hydrogens (primary N) is 1. The van der Waals surface area contributed by atoms with Crippen LogP contribution in [0.25, 0.3) is 10.8 Å². The normalized spacial score (nSPS) is 12.3. The van der Waals surface area contributed by atoms with E-state index < -0.39 is 0 Å². The van der Waals surface area contributed by atoms with Gasteiger partial charge in [-0.15, -0.1) is 0 Å². The highest BCUT2D eigenvalue weighted by Crippen LogP contribution is 2.20. The molecule has 0 saturated heterocycles. The fourth-order valence-corrected chi connectivity index (χ4v) is 2.09. The summed E-state index contributed by atoms with van der Waals surface area (Å²) in [7, 11) is 0. The second kappa shape index (κ2) is 5.65. The standard InChI is InChI=1S/C15H17NO2/c1-11(18-15(17)10-16)9-13-7-4-6-12-5-2-3-8-14(12)13/h2-8,11H,9-10,16H2,1H3. The third-order valence-electron chi connectivity index (χ3n) is 2.89. The first kappa shape index (κ1) is 12.6. The number of ether oxygens (including phenoxy) is 1. The van der Waals surface area contributed by atoms with E-state index in [0.29, 0.717) is 6.42 Å². The monoisotopic (exact) mass is 243 g/mol. The molecule has 0 heterocycles. The van der Waals surface area contributed by atoms with Crippen LogP contribution in [-0.4, -0.2) is 18.6 Å². The van der Waals surface area contributed by atoms with Crippen LogP contribution >= 0.6 is 0 Å². The molecule has 3 nitrogen and oxygen atoms in total. The van der Waals surface area contributed by atoms with Gasteiger partial charge in [0.2, 0.25) is 0 Å². The molecule has 0 aliphatic carbocycles. The number of esters is 1. The molecule has 0 aliphatic heterocycles. The number of carbonyl (C=O) groups is 1. The molecule has 1 unspecified atom stereocenters. The molecule has 2 rings (SSSR count). The van der Waals surface area contributed by atoms with Crippen molar-refractivity contribution >= 4 is 16.7 Å². The van der Waals surface area contributed by atoms with E-state index in [0.717, 1.165) is 0 Å². The fraction of sp³-hybridized carbons (Fsp3) is 0.267. The summed E-state index contributed by atoms with van der Waals surface area (Å²) in [5.41, 5.74) is 6.42. The van der Waals surface area contributed by atoms with Gasteiger partial charge in [0.05, 0.1) is 6.54 Å². The van der Waals surface area contributed by atoms with Crippen molar-refractivity contribution < 1.29 is 9.53 Å². The average Bonchev–Trinajstić information content (AvgIpc) is 2.39. The minimum atomic E-state index is -0.359. The number of fused-ring (bicyclic) bond motifs is 1. The van der Waals surface area contributed by atoms with E-state index in [1.165, 1.54) is 16.3 Å². The highest BCUT2D eigenvalue weighted by Gasteiger charge is 2.10. The molecule has 0 amide bonds. The first-order valence-electron chi connectivity index (χ1n) is 6.07. The molecule has 0 fully saturated rings. The highest BCUT2D eigenvalue weighted by atomic mass is 16.5. The highest BCUT2D eigenvalue weighted by molar-refractivity contribution is 5.85. The van der Waals surface area contributed by atoms with Crippen molar-refractivity contribution in [2.24, 2.45) is 5.73 Å². The molecule has 0 aliphatic rings. The predicted molar refractivity (Wildman–Crippen MR) is 72.3 cm³/mol. The van der Waals surface area contributed by atoms with Crippen molar-refractivity contribution in [2.45, 2.75) is 19.4 Å². The van der Waals surface area contributed by atoms with E-state index in [9.17, 15) is 4.79 Å². The van der Waals surface area contributed by atoms with Gasteiger partial charge >= 0.3 is 5.97 Å². The SMILES string of the molecule is CC(Cc1cccc2ccccc12)OC(=O)CN. The van der Waals surface area contributed by atoms with Gasteiger partial charge in [-0.3, -0.25) is 4.79 Å². The molecule has 3 heteroatoms. The van der Waals surface area contributed by atoms with Gasteiger partial charge in [0.25, 0.3) is 0 Å². The summed E-state index contributed by atoms with van der Waals surface area (Å²) in [5, 5.41) is 2.41. The van der Waals surface area contributed by atoms with Crippen molar-refractivity contribution in [3.8, 4) is 0 Å². The van der Waals surface area contributed by atoms with Crippen LogP contribution in [0.5, 0.6) is 0 Å². The lowest BCUT2D eigenvalue weighted by Gasteiger charge is -2.14. The third kappa shape index (κ3) is 2.87.